The Morgan fingerprint density at radius 2 is 2.11 bits per heavy atom. The van der Waals surface area contributed by atoms with E-state index in [-0.39, 0.29) is 0 Å². The maximum absolute atomic E-state index is 11.1. The van der Waals surface area contributed by atoms with E-state index in [2.05, 4.69) is 13.8 Å². The number of carbonyl (C=O) groups is 1. The molecule has 0 saturated carbocycles. The summed E-state index contributed by atoms with van der Waals surface area (Å²) in [5.74, 6) is 0.0145. The summed E-state index contributed by atoms with van der Waals surface area (Å²) >= 11 is 0. The maximum Gasteiger partial charge on any atom is 0.344 e. The van der Waals surface area contributed by atoms with Crippen molar-refractivity contribution in [3.05, 3.63) is 29.8 Å². The fourth-order valence-electron chi connectivity index (χ4n) is 1.75. The highest BCUT2D eigenvalue weighted by Crippen LogP contribution is 2.29. The van der Waals surface area contributed by atoms with Gasteiger partial charge in [-0.3, -0.25) is 0 Å². The molecule has 2 atom stereocenters. The van der Waals surface area contributed by atoms with E-state index < -0.39 is 12.1 Å². The lowest BCUT2D eigenvalue weighted by Gasteiger charge is -2.19. The van der Waals surface area contributed by atoms with Crippen LogP contribution in [-0.4, -0.2) is 23.7 Å². The monoisotopic (exact) mass is 251 g/mol. The lowest BCUT2D eigenvalue weighted by atomic mass is 9.98. The van der Waals surface area contributed by atoms with Crippen LogP contribution in [0, 0.1) is 0 Å². The standard InChI is InChI=1S/C14H21NO3/c1-3-10(2)11-6-4-5-7-12(11)18-13(8-9-15)14(16)17/h4-7,10,13H,3,8-9,15H2,1-2H3,(H,16,17). The van der Waals surface area contributed by atoms with Crippen LogP contribution in [0.3, 0.4) is 0 Å². The highest BCUT2D eigenvalue weighted by Gasteiger charge is 2.20. The summed E-state index contributed by atoms with van der Waals surface area (Å²) < 4.78 is 5.59. The number of aliphatic carboxylic acids is 1. The Balaban J connectivity index is 2.91. The van der Waals surface area contributed by atoms with Crippen molar-refractivity contribution >= 4 is 5.97 Å². The van der Waals surface area contributed by atoms with Gasteiger partial charge in [-0.25, -0.2) is 4.79 Å². The predicted octanol–water partition coefficient (Wildman–Crippen LogP) is 2.38. The molecule has 0 aliphatic carbocycles. The molecule has 1 rings (SSSR count). The Morgan fingerprint density at radius 3 is 2.67 bits per heavy atom. The number of nitrogens with two attached hydrogens (primary N) is 1. The lowest BCUT2D eigenvalue weighted by molar-refractivity contribution is -0.145. The molecule has 0 saturated heterocycles. The van der Waals surface area contributed by atoms with E-state index in [1.165, 1.54) is 0 Å². The molecule has 100 valence electrons. The van der Waals surface area contributed by atoms with Crippen molar-refractivity contribution in [2.75, 3.05) is 6.54 Å². The minimum absolute atomic E-state index is 0.294. The Kier molecular flexibility index (Phi) is 5.65. The summed E-state index contributed by atoms with van der Waals surface area (Å²) in [6.45, 7) is 4.49. The predicted molar refractivity (Wildman–Crippen MR) is 70.9 cm³/mol. The second-order valence-electron chi connectivity index (χ2n) is 4.37. The van der Waals surface area contributed by atoms with Gasteiger partial charge in [0.05, 0.1) is 0 Å². The summed E-state index contributed by atoms with van der Waals surface area (Å²) in [5.41, 5.74) is 6.45. The van der Waals surface area contributed by atoms with Crippen molar-refractivity contribution in [2.45, 2.75) is 38.7 Å². The minimum atomic E-state index is -0.973. The van der Waals surface area contributed by atoms with E-state index in [1.807, 2.05) is 24.3 Å². The van der Waals surface area contributed by atoms with Gasteiger partial charge >= 0.3 is 5.97 Å². The molecule has 3 N–H and O–H groups in total. The second-order valence-corrected chi connectivity index (χ2v) is 4.37. The molecule has 1 aromatic rings. The molecule has 0 aliphatic rings. The number of carboxylic acid groups (broad SMARTS) is 1. The normalized spacial score (nSPS) is 13.9. The van der Waals surface area contributed by atoms with E-state index in [9.17, 15) is 4.79 Å². The quantitative estimate of drug-likeness (QED) is 0.780. The molecular formula is C14H21NO3. The third-order valence-electron chi connectivity index (χ3n) is 3.04. The molecule has 4 nitrogen and oxygen atoms in total. The molecule has 0 amide bonds. The van der Waals surface area contributed by atoms with E-state index >= 15 is 0 Å². The molecule has 4 heteroatoms. The zero-order chi connectivity index (χ0) is 13.5. The van der Waals surface area contributed by atoms with Crippen molar-refractivity contribution in [3.63, 3.8) is 0 Å². The topological polar surface area (TPSA) is 72.5 Å². The van der Waals surface area contributed by atoms with Gasteiger partial charge in [0.1, 0.15) is 5.75 Å². The Hall–Kier alpha value is -1.55. The first kappa shape index (κ1) is 14.5. The molecule has 0 aromatic heterocycles. The number of benzene rings is 1. The average Bonchev–Trinajstić information content (AvgIpc) is 2.37. The van der Waals surface area contributed by atoms with Gasteiger partial charge in [0.15, 0.2) is 6.10 Å². The SMILES string of the molecule is CCC(C)c1ccccc1OC(CCN)C(=O)O. The molecule has 0 radical (unpaired) electrons. The smallest absolute Gasteiger partial charge is 0.344 e. The van der Waals surface area contributed by atoms with Gasteiger partial charge < -0.3 is 15.6 Å². The number of ether oxygens (including phenoxy) is 1. The van der Waals surface area contributed by atoms with E-state index in [0.717, 1.165) is 12.0 Å². The van der Waals surface area contributed by atoms with Gasteiger partial charge in [0, 0.05) is 6.42 Å². The van der Waals surface area contributed by atoms with E-state index in [1.54, 1.807) is 0 Å². The van der Waals surface area contributed by atoms with Crippen molar-refractivity contribution in [3.8, 4) is 5.75 Å². The third-order valence-corrected chi connectivity index (χ3v) is 3.04. The number of hydrogen-bond donors (Lipinski definition) is 2. The average molecular weight is 251 g/mol. The van der Waals surface area contributed by atoms with Crippen molar-refractivity contribution < 1.29 is 14.6 Å². The van der Waals surface area contributed by atoms with Crippen LogP contribution in [0.15, 0.2) is 24.3 Å². The summed E-state index contributed by atoms with van der Waals surface area (Å²) in [4.78, 5) is 11.1. The van der Waals surface area contributed by atoms with Gasteiger partial charge in [0.25, 0.3) is 0 Å². The van der Waals surface area contributed by atoms with Crippen molar-refractivity contribution in [2.24, 2.45) is 5.73 Å². The van der Waals surface area contributed by atoms with Gasteiger partial charge in [-0.2, -0.15) is 0 Å². The van der Waals surface area contributed by atoms with Crippen LogP contribution in [0.5, 0.6) is 5.75 Å². The van der Waals surface area contributed by atoms with Gasteiger partial charge in [-0.05, 0) is 30.5 Å². The highest BCUT2D eigenvalue weighted by molar-refractivity contribution is 5.72. The van der Waals surface area contributed by atoms with E-state index in [0.29, 0.717) is 24.6 Å². The Bertz CT molecular complexity index is 392. The maximum atomic E-state index is 11.1. The fraction of sp³-hybridized carbons (Fsp3) is 0.500. The zero-order valence-electron chi connectivity index (χ0n) is 10.9. The molecule has 0 aliphatic heterocycles. The molecular weight excluding hydrogens is 230 g/mol. The first-order valence-corrected chi connectivity index (χ1v) is 6.28. The van der Waals surface area contributed by atoms with Crippen LogP contribution >= 0.6 is 0 Å². The highest BCUT2D eigenvalue weighted by atomic mass is 16.5. The van der Waals surface area contributed by atoms with Gasteiger partial charge in [0.2, 0.25) is 0 Å². The van der Waals surface area contributed by atoms with Crippen LogP contribution in [0.1, 0.15) is 38.2 Å². The molecule has 0 fully saturated rings. The summed E-state index contributed by atoms with van der Waals surface area (Å²) in [6, 6.07) is 7.58. The number of rotatable bonds is 7. The van der Waals surface area contributed by atoms with Gasteiger partial charge in [-0.1, -0.05) is 32.0 Å². The number of para-hydroxylation sites is 1. The summed E-state index contributed by atoms with van der Waals surface area (Å²) in [7, 11) is 0. The molecule has 0 bridgehead atoms. The first-order valence-electron chi connectivity index (χ1n) is 6.28. The molecule has 2 unspecified atom stereocenters. The second kappa shape index (κ2) is 7.01. The van der Waals surface area contributed by atoms with Crippen LogP contribution < -0.4 is 10.5 Å². The third kappa shape index (κ3) is 3.74. The fourth-order valence-corrected chi connectivity index (χ4v) is 1.75. The molecule has 18 heavy (non-hydrogen) atoms. The zero-order valence-corrected chi connectivity index (χ0v) is 10.9. The lowest BCUT2D eigenvalue weighted by Crippen LogP contribution is -2.30. The number of hydrogen-bond acceptors (Lipinski definition) is 3. The molecule has 1 aromatic carbocycles. The molecule has 0 spiro atoms. The van der Waals surface area contributed by atoms with Crippen molar-refractivity contribution in [1.82, 2.24) is 0 Å². The minimum Gasteiger partial charge on any atom is -0.479 e. The summed E-state index contributed by atoms with van der Waals surface area (Å²) in [6.07, 6.45) is 0.416. The summed E-state index contributed by atoms with van der Waals surface area (Å²) in [5, 5.41) is 9.07. The number of carboxylic acids is 1. The van der Waals surface area contributed by atoms with Crippen LogP contribution in [0.4, 0.5) is 0 Å². The molecule has 0 heterocycles. The van der Waals surface area contributed by atoms with Crippen LogP contribution in [0.25, 0.3) is 0 Å². The van der Waals surface area contributed by atoms with Crippen molar-refractivity contribution in [1.29, 1.82) is 0 Å². The van der Waals surface area contributed by atoms with Gasteiger partial charge in [-0.15, -0.1) is 0 Å². The largest absolute Gasteiger partial charge is 0.479 e. The van der Waals surface area contributed by atoms with Crippen LogP contribution in [-0.2, 0) is 4.79 Å². The Morgan fingerprint density at radius 1 is 1.44 bits per heavy atom. The Labute approximate surface area is 108 Å². The first-order chi connectivity index (χ1) is 8.60. The van der Waals surface area contributed by atoms with Crippen LogP contribution in [0.2, 0.25) is 0 Å². The van der Waals surface area contributed by atoms with E-state index in [4.69, 9.17) is 15.6 Å².